The second-order valence-electron chi connectivity index (χ2n) is 6.05. The molecule has 1 aromatic rings. The molecule has 0 amide bonds. The lowest BCUT2D eigenvalue weighted by Crippen LogP contribution is -2.41. The zero-order valence-electron chi connectivity index (χ0n) is 12.0. The van der Waals surface area contributed by atoms with Gasteiger partial charge in [-0.2, -0.15) is 0 Å². The zero-order valence-corrected chi connectivity index (χ0v) is 12.8. The summed E-state index contributed by atoms with van der Waals surface area (Å²) in [7, 11) is -0.425. The molecule has 104 valence electrons. The third-order valence-corrected chi connectivity index (χ3v) is 4.33. The monoisotopic (exact) mass is 282 g/mol. The first-order chi connectivity index (χ1) is 8.64. The molecule has 1 N–H and O–H groups in total. The molecule has 1 heterocycles. The average molecular weight is 283 g/mol. The molecule has 0 aliphatic carbocycles. The van der Waals surface area contributed by atoms with Gasteiger partial charge in [0, 0.05) is 5.02 Å². The van der Waals surface area contributed by atoms with E-state index in [1.165, 1.54) is 0 Å². The third kappa shape index (κ3) is 2.68. The first-order valence-corrected chi connectivity index (χ1v) is 6.85. The summed E-state index contributed by atoms with van der Waals surface area (Å²) < 4.78 is 11.9. The number of rotatable bonds is 2. The number of halogens is 1. The Hall–Kier alpha value is -0.545. The Morgan fingerprint density at radius 2 is 1.68 bits per heavy atom. The highest BCUT2D eigenvalue weighted by molar-refractivity contribution is 6.62. The molecule has 19 heavy (non-hydrogen) atoms. The van der Waals surface area contributed by atoms with Crippen molar-refractivity contribution >= 4 is 24.2 Å². The van der Waals surface area contributed by atoms with Crippen molar-refractivity contribution in [3.05, 3.63) is 28.8 Å². The van der Waals surface area contributed by atoms with E-state index in [1.807, 2.05) is 39.8 Å². The Morgan fingerprint density at radius 3 is 2.11 bits per heavy atom. The zero-order chi connectivity index (χ0) is 14.4. The van der Waals surface area contributed by atoms with Crippen molar-refractivity contribution in [1.29, 1.82) is 0 Å². The van der Waals surface area contributed by atoms with E-state index in [1.54, 1.807) is 13.0 Å². The van der Waals surface area contributed by atoms with Crippen LogP contribution in [-0.4, -0.2) is 23.4 Å². The fourth-order valence-electron chi connectivity index (χ4n) is 2.01. The van der Waals surface area contributed by atoms with E-state index in [0.717, 1.165) is 5.46 Å². The van der Waals surface area contributed by atoms with Crippen LogP contribution in [0.2, 0.25) is 5.02 Å². The van der Waals surface area contributed by atoms with Crippen molar-refractivity contribution in [3.63, 3.8) is 0 Å². The lowest BCUT2D eigenvalue weighted by atomic mass is 9.78. The summed E-state index contributed by atoms with van der Waals surface area (Å²) in [6.45, 7) is 9.74. The molecule has 2 rings (SSSR count). The maximum Gasteiger partial charge on any atom is 0.494 e. The van der Waals surface area contributed by atoms with Gasteiger partial charge < -0.3 is 14.4 Å². The van der Waals surface area contributed by atoms with Crippen LogP contribution in [0.1, 0.15) is 46.3 Å². The van der Waals surface area contributed by atoms with Crippen molar-refractivity contribution in [3.8, 4) is 0 Å². The minimum Gasteiger partial charge on any atom is -0.399 e. The molecular weight excluding hydrogens is 262 g/mol. The van der Waals surface area contributed by atoms with Gasteiger partial charge in [-0.05, 0) is 51.7 Å². The summed E-state index contributed by atoms with van der Waals surface area (Å²) in [5.74, 6) is 0. The molecule has 1 aliphatic heterocycles. The molecule has 5 heteroatoms. The van der Waals surface area contributed by atoms with Gasteiger partial charge in [0.15, 0.2) is 0 Å². The largest absolute Gasteiger partial charge is 0.494 e. The van der Waals surface area contributed by atoms with Gasteiger partial charge in [0.05, 0.1) is 17.3 Å². The fourth-order valence-corrected chi connectivity index (χ4v) is 2.35. The number of aliphatic hydroxyl groups excluding tert-OH is 1. The Morgan fingerprint density at radius 1 is 1.16 bits per heavy atom. The SMILES string of the molecule is C[C@H](O)c1ccc(B2OC(C)(C)C(C)(C)O2)cc1Cl. The summed E-state index contributed by atoms with van der Waals surface area (Å²) in [4.78, 5) is 0. The molecule has 1 fully saturated rings. The fraction of sp³-hybridized carbons (Fsp3) is 0.571. The molecule has 3 nitrogen and oxygen atoms in total. The number of hydrogen-bond donors (Lipinski definition) is 1. The van der Waals surface area contributed by atoms with Crippen molar-refractivity contribution in [2.45, 2.75) is 51.9 Å². The Kier molecular flexibility index (Phi) is 3.73. The van der Waals surface area contributed by atoms with Crippen LogP contribution in [0.5, 0.6) is 0 Å². The summed E-state index contributed by atoms with van der Waals surface area (Å²) in [5, 5.41) is 10.1. The van der Waals surface area contributed by atoms with Crippen LogP contribution in [0, 0.1) is 0 Å². The number of hydrogen-bond acceptors (Lipinski definition) is 3. The standard InChI is InChI=1S/C14H20BClO3/c1-9(17)11-7-6-10(8-12(11)16)15-18-13(2,3)14(4,5)19-15/h6-9,17H,1-5H3/t9-/m0/s1. The highest BCUT2D eigenvalue weighted by Gasteiger charge is 2.51. The molecule has 0 bridgehead atoms. The summed E-state index contributed by atoms with van der Waals surface area (Å²) >= 11 is 6.17. The lowest BCUT2D eigenvalue weighted by molar-refractivity contribution is 0.00578. The van der Waals surface area contributed by atoms with E-state index >= 15 is 0 Å². The lowest BCUT2D eigenvalue weighted by Gasteiger charge is -2.32. The van der Waals surface area contributed by atoms with Crippen molar-refractivity contribution in [2.24, 2.45) is 0 Å². The molecule has 0 aromatic heterocycles. The van der Waals surface area contributed by atoms with Gasteiger partial charge >= 0.3 is 7.12 Å². The molecule has 1 aromatic carbocycles. The van der Waals surface area contributed by atoms with Crippen LogP contribution in [-0.2, 0) is 9.31 Å². The second-order valence-corrected chi connectivity index (χ2v) is 6.45. The first-order valence-electron chi connectivity index (χ1n) is 6.47. The van der Waals surface area contributed by atoms with Crippen molar-refractivity contribution in [1.82, 2.24) is 0 Å². The highest BCUT2D eigenvalue weighted by Crippen LogP contribution is 2.36. The van der Waals surface area contributed by atoms with Gasteiger partial charge in [-0.3, -0.25) is 0 Å². The van der Waals surface area contributed by atoms with E-state index in [0.29, 0.717) is 10.6 Å². The van der Waals surface area contributed by atoms with E-state index in [9.17, 15) is 5.11 Å². The van der Waals surface area contributed by atoms with E-state index < -0.39 is 13.2 Å². The van der Waals surface area contributed by atoms with Gasteiger partial charge in [-0.15, -0.1) is 0 Å². The first kappa shape index (κ1) is 14.9. The van der Waals surface area contributed by atoms with Gasteiger partial charge in [0.2, 0.25) is 0 Å². The molecular formula is C14H20BClO3. The van der Waals surface area contributed by atoms with Crippen LogP contribution in [0.4, 0.5) is 0 Å². The van der Waals surface area contributed by atoms with E-state index in [4.69, 9.17) is 20.9 Å². The average Bonchev–Trinajstić information content (AvgIpc) is 2.47. The highest BCUT2D eigenvalue weighted by atomic mass is 35.5. The quantitative estimate of drug-likeness (QED) is 0.848. The minimum atomic E-state index is -0.583. The maximum absolute atomic E-state index is 9.58. The van der Waals surface area contributed by atoms with Crippen LogP contribution in [0.25, 0.3) is 0 Å². The molecule has 0 saturated carbocycles. The Labute approximate surface area is 120 Å². The smallest absolute Gasteiger partial charge is 0.399 e. The molecule has 1 atom stereocenters. The van der Waals surface area contributed by atoms with Crippen LogP contribution >= 0.6 is 11.6 Å². The Bertz CT molecular complexity index is 470. The summed E-state index contributed by atoms with van der Waals surface area (Å²) in [6.07, 6.45) is -0.583. The van der Waals surface area contributed by atoms with Crippen molar-refractivity contribution < 1.29 is 14.4 Å². The third-order valence-electron chi connectivity index (χ3n) is 4.00. The molecule has 1 aliphatic rings. The number of aliphatic hydroxyl groups is 1. The predicted molar refractivity (Wildman–Crippen MR) is 77.8 cm³/mol. The van der Waals surface area contributed by atoms with Gasteiger partial charge in [0.25, 0.3) is 0 Å². The van der Waals surface area contributed by atoms with Gasteiger partial charge in [-0.1, -0.05) is 23.7 Å². The van der Waals surface area contributed by atoms with Gasteiger partial charge in [0.1, 0.15) is 0 Å². The number of benzene rings is 1. The predicted octanol–water partition coefficient (Wildman–Crippen LogP) is 2.69. The van der Waals surface area contributed by atoms with Gasteiger partial charge in [-0.25, -0.2) is 0 Å². The second kappa shape index (κ2) is 4.78. The molecule has 0 radical (unpaired) electrons. The summed E-state index contributed by atoms with van der Waals surface area (Å²) in [6, 6.07) is 5.50. The maximum atomic E-state index is 9.58. The molecule has 0 unspecified atom stereocenters. The Balaban J connectivity index is 2.28. The summed E-state index contributed by atoms with van der Waals surface area (Å²) in [5.41, 5.74) is 0.843. The van der Waals surface area contributed by atoms with E-state index in [-0.39, 0.29) is 11.2 Å². The molecule has 1 saturated heterocycles. The normalized spacial score (nSPS) is 22.6. The van der Waals surface area contributed by atoms with E-state index in [2.05, 4.69) is 0 Å². The van der Waals surface area contributed by atoms with Crippen LogP contribution in [0.3, 0.4) is 0 Å². The molecule has 0 spiro atoms. The minimum absolute atomic E-state index is 0.368. The van der Waals surface area contributed by atoms with Crippen LogP contribution < -0.4 is 5.46 Å². The van der Waals surface area contributed by atoms with Crippen LogP contribution in [0.15, 0.2) is 18.2 Å². The topological polar surface area (TPSA) is 38.7 Å². The van der Waals surface area contributed by atoms with Crippen molar-refractivity contribution in [2.75, 3.05) is 0 Å².